The summed E-state index contributed by atoms with van der Waals surface area (Å²) in [4.78, 5) is 11.0. The van der Waals surface area contributed by atoms with E-state index >= 15 is 0 Å². The molecule has 1 aromatic rings. The van der Waals surface area contributed by atoms with E-state index in [0.717, 1.165) is 18.7 Å². The summed E-state index contributed by atoms with van der Waals surface area (Å²) in [5.74, 6) is 0. The van der Waals surface area contributed by atoms with Crippen LogP contribution < -0.4 is 10.6 Å². The van der Waals surface area contributed by atoms with Crippen LogP contribution in [-0.4, -0.2) is 32.0 Å². The first kappa shape index (κ1) is 12.7. The van der Waals surface area contributed by atoms with Crippen LogP contribution in [0.25, 0.3) is 0 Å². The van der Waals surface area contributed by atoms with E-state index in [4.69, 9.17) is 4.74 Å². The van der Waals surface area contributed by atoms with Crippen molar-refractivity contribution in [2.45, 2.75) is 25.5 Å². The van der Waals surface area contributed by atoms with Crippen LogP contribution in [0.3, 0.4) is 0 Å². The van der Waals surface area contributed by atoms with E-state index in [9.17, 15) is 4.79 Å². The third kappa shape index (κ3) is 3.13. The Balaban J connectivity index is 1.93. The van der Waals surface area contributed by atoms with Gasteiger partial charge in [-0.1, -0.05) is 0 Å². The number of nitrogens with one attached hydrogen (secondary N) is 2. The molecule has 5 heteroatoms. The first-order valence-corrected chi connectivity index (χ1v) is 6.02. The zero-order chi connectivity index (χ0) is 13.0. The summed E-state index contributed by atoms with van der Waals surface area (Å²) in [5.41, 5.74) is 1.73. The van der Waals surface area contributed by atoms with Gasteiger partial charge in [-0.2, -0.15) is 0 Å². The number of anilines is 2. The van der Waals surface area contributed by atoms with Gasteiger partial charge >= 0.3 is 6.09 Å². The van der Waals surface area contributed by atoms with Crippen LogP contribution >= 0.6 is 0 Å². The Morgan fingerprint density at radius 3 is 2.56 bits per heavy atom. The van der Waals surface area contributed by atoms with Crippen molar-refractivity contribution in [3.63, 3.8) is 0 Å². The van der Waals surface area contributed by atoms with Crippen molar-refractivity contribution in [3.05, 3.63) is 24.3 Å². The number of benzene rings is 1. The molecule has 1 saturated heterocycles. The maximum atomic E-state index is 11.0. The molecule has 0 bridgehead atoms. The summed E-state index contributed by atoms with van der Waals surface area (Å²) >= 11 is 0. The van der Waals surface area contributed by atoms with Gasteiger partial charge in [0.1, 0.15) is 0 Å². The van der Waals surface area contributed by atoms with Gasteiger partial charge in [-0.3, -0.25) is 5.32 Å². The summed E-state index contributed by atoms with van der Waals surface area (Å²) in [5, 5.41) is 6.02. The fourth-order valence-corrected chi connectivity index (χ4v) is 1.95. The molecule has 1 fully saturated rings. The predicted octanol–water partition coefficient (Wildman–Crippen LogP) is 2.45. The molecule has 18 heavy (non-hydrogen) atoms. The highest BCUT2D eigenvalue weighted by Gasteiger charge is 2.23. The number of ether oxygens (including phenoxy) is 2. The average Bonchev–Trinajstić information content (AvgIpc) is 2.77. The minimum atomic E-state index is -0.464. The quantitative estimate of drug-likeness (QED) is 0.865. The summed E-state index contributed by atoms with van der Waals surface area (Å²) in [6.45, 7) is 2.87. The zero-order valence-electron chi connectivity index (χ0n) is 10.6. The standard InChI is InChI=1S/C13H18N2O3/c1-9-12(7-8-18-9)14-10-3-5-11(6-4-10)15-13(16)17-2/h3-6,9,12,14H,7-8H2,1-2H3,(H,15,16). The molecule has 2 rings (SSSR count). The second-order valence-electron chi connectivity index (χ2n) is 4.31. The van der Waals surface area contributed by atoms with Crippen molar-refractivity contribution in [2.75, 3.05) is 24.4 Å². The minimum Gasteiger partial charge on any atom is -0.453 e. The molecule has 0 spiro atoms. The molecule has 5 nitrogen and oxygen atoms in total. The Labute approximate surface area is 106 Å². The lowest BCUT2D eigenvalue weighted by Crippen LogP contribution is -2.26. The van der Waals surface area contributed by atoms with Crippen LogP contribution in [0.5, 0.6) is 0 Å². The molecule has 2 atom stereocenters. The largest absolute Gasteiger partial charge is 0.453 e. The third-order valence-electron chi connectivity index (χ3n) is 3.04. The van der Waals surface area contributed by atoms with E-state index in [1.54, 1.807) is 0 Å². The smallest absolute Gasteiger partial charge is 0.411 e. The molecule has 1 amide bonds. The van der Waals surface area contributed by atoms with Crippen molar-refractivity contribution < 1.29 is 14.3 Å². The highest BCUT2D eigenvalue weighted by molar-refractivity contribution is 5.84. The highest BCUT2D eigenvalue weighted by Crippen LogP contribution is 2.20. The maximum absolute atomic E-state index is 11.0. The second-order valence-corrected chi connectivity index (χ2v) is 4.31. The normalized spacial score (nSPS) is 22.6. The number of rotatable bonds is 3. The predicted molar refractivity (Wildman–Crippen MR) is 69.9 cm³/mol. The molecule has 0 aromatic heterocycles. The summed E-state index contributed by atoms with van der Waals surface area (Å²) in [6, 6.07) is 7.87. The number of amides is 1. The van der Waals surface area contributed by atoms with E-state index in [1.165, 1.54) is 7.11 Å². The van der Waals surface area contributed by atoms with Gasteiger partial charge in [0.25, 0.3) is 0 Å². The highest BCUT2D eigenvalue weighted by atomic mass is 16.5. The lowest BCUT2D eigenvalue weighted by Gasteiger charge is -2.17. The van der Waals surface area contributed by atoms with Gasteiger partial charge in [0.15, 0.2) is 0 Å². The van der Waals surface area contributed by atoms with E-state index in [-0.39, 0.29) is 6.10 Å². The molecule has 0 radical (unpaired) electrons. The van der Waals surface area contributed by atoms with E-state index in [1.807, 2.05) is 24.3 Å². The number of methoxy groups -OCH3 is 1. The molecule has 0 aliphatic carbocycles. The molecule has 2 N–H and O–H groups in total. The Kier molecular flexibility index (Phi) is 4.04. The van der Waals surface area contributed by atoms with Gasteiger partial charge < -0.3 is 14.8 Å². The van der Waals surface area contributed by atoms with Gasteiger partial charge in [0.05, 0.1) is 19.3 Å². The maximum Gasteiger partial charge on any atom is 0.411 e. The van der Waals surface area contributed by atoms with Gasteiger partial charge in [0, 0.05) is 18.0 Å². The van der Waals surface area contributed by atoms with Gasteiger partial charge in [-0.15, -0.1) is 0 Å². The Hall–Kier alpha value is -1.75. The van der Waals surface area contributed by atoms with Gasteiger partial charge in [-0.25, -0.2) is 4.79 Å². The molecule has 1 heterocycles. The second kappa shape index (κ2) is 5.73. The van der Waals surface area contributed by atoms with Crippen LogP contribution in [0.2, 0.25) is 0 Å². The van der Waals surface area contributed by atoms with E-state index in [0.29, 0.717) is 11.7 Å². The Bertz CT molecular complexity index is 405. The monoisotopic (exact) mass is 250 g/mol. The average molecular weight is 250 g/mol. The molecular formula is C13H18N2O3. The summed E-state index contributed by atoms with van der Waals surface area (Å²) in [7, 11) is 1.34. The molecule has 2 unspecified atom stereocenters. The topological polar surface area (TPSA) is 59.6 Å². The molecule has 98 valence electrons. The van der Waals surface area contributed by atoms with Crippen molar-refractivity contribution in [1.29, 1.82) is 0 Å². The number of carbonyl (C=O) groups is 1. The van der Waals surface area contributed by atoms with Crippen LogP contribution in [0, 0.1) is 0 Å². The molecule has 1 aromatic carbocycles. The van der Waals surface area contributed by atoms with E-state index in [2.05, 4.69) is 22.3 Å². The minimum absolute atomic E-state index is 0.234. The van der Waals surface area contributed by atoms with Crippen LogP contribution in [0.1, 0.15) is 13.3 Å². The SMILES string of the molecule is COC(=O)Nc1ccc(NC2CCOC2C)cc1. The van der Waals surface area contributed by atoms with Crippen molar-refractivity contribution in [1.82, 2.24) is 0 Å². The molecule has 0 saturated carbocycles. The third-order valence-corrected chi connectivity index (χ3v) is 3.04. The van der Waals surface area contributed by atoms with E-state index < -0.39 is 6.09 Å². The molecule has 1 aliphatic heterocycles. The first-order chi connectivity index (χ1) is 8.69. The van der Waals surface area contributed by atoms with Crippen LogP contribution in [0.4, 0.5) is 16.2 Å². The fourth-order valence-electron chi connectivity index (χ4n) is 1.95. The fraction of sp³-hybridized carbons (Fsp3) is 0.462. The number of hydrogen-bond donors (Lipinski definition) is 2. The molecular weight excluding hydrogens is 232 g/mol. The first-order valence-electron chi connectivity index (χ1n) is 6.02. The van der Waals surface area contributed by atoms with Crippen molar-refractivity contribution in [2.24, 2.45) is 0 Å². The summed E-state index contributed by atoms with van der Waals surface area (Å²) < 4.78 is 10.0. The summed E-state index contributed by atoms with van der Waals surface area (Å²) in [6.07, 6.45) is 0.787. The Morgan fingerprint density at radius 2 is 2.00 bits per heavy atom. The zero-order valence-corrected chi connectivity index (χ0v) is 10.6. The van der Waals surface area contributed by atoms with Crippen molar-refractivity contribution >= 4 is 17.5 Å². The van der Waals surface area contributed by atoms with Gasteiger partial charge in [-0.05, 0) is 37.6 Å². The van der Waals surface area contributed by atoms with Crippen LogP contribution in [-0.2, 0) is 9.47 Å². The molecule has 1 aliphatic rings. The lowest BCUT2D eigenvalue weighted by atomic mass is 10.1. The van der Waals surface area contributed by atoms with Crippen LogP contribution in [0.15, 0.2) is 24.3 Å². The Morgan fingerprint density at radius 1 is 1.33 bits per heavy atom. The lowest BCUT2D eigenvalue weighted by molar-refractivity contribution is 0.121. The van der Waals surface area contributed by atoms with Gasteiger partial charge in [0.2, 0.25) is 0 Å². The number of carbonyl (C=O) groups excluding carboxylic acids is 1. The number of hydrogen-bond acceptors (Lipinski definition) is 4. The van der Waals surface area contributed by atoms with Crippen molar-refractivity contribution in [3.8, 4) is 0 Å².